The van der Waals surface area contributed by atoms with E-state index in [9.17, 15) is 73.5 Å². The predicted molar refractivity (Wildman–Crippen MR) is 229 cm³/mol. The Balaban J connectivity index is 0.00000355. The van der Waals surface area contributed by atoms with Crippen molar-refractivity contribution in [2.75, 3.05) is 16.3 Å². The Kier molecular flexibility index (Phi) is 18.4. The number of anilines is 3. The number of fused-ring (bicyclic) bond motifs is 2. The average molecular weight is 1040 g/mol. The van der Waals surface area contributed by atoms with E-state index in [1.54, 1.807) is 0 Å². The Morgan fingerprint density at radius 3 is 1.61 bits per heavy atom. The SMILES string of the molecule is O=C1/C(=N/Nc2ccc([N+](=O)[O-])cc2)C(S(=O)(=O)[O-])=Cc2cc(S(=O)(=O)[O-])cc(N/N=c3/c(=O)c(N=Nc4ccc(S(=O)(=O)[O-])c5ccccc45)c/c(=N\Nc4ccc([N+](=O)[O-])cc4)c3=O)c21.[Na+].[Na+].[Na+]. The zero-order valence-corrected chi connectivity index (χ0v) is 44.2. The molecule has 340 valence electrons. The van der Waals surface area contributed by atoms with Crippen LogP contribution in [0, 0.1) is 20.2 Å². The molecule has 1 aliphatic carbocycles. The van der Waals surface area contributed by atoms with Gasteiger partial charge in [-0.25, -0.2) is 25.3 Å². The van der Waals surface area contributed by atoms with Gasteiger partial charge in [0.1, 0.15) is 47.1 Å². The number of hydrazone groups is 1. The van der Waals surface area contributed by atoms with E-state index in [1.807, 2.05) is 0 Å². The molecular formula is C38H21N10Na3O16S3. The van der Waals surface area contributed by atoms with Crippen molar-refractivity contribution in [3.05, 3.63) is 171 Å². The molecule has 70 heavy (non-hydrogen) atoms. The number of ketones is 1. The zero-order chi connectivity index (χ0) is 48.6. The summed E-state index contributed by atoms with van der Waals surface area (Å²) < 4.78 is 110. The van der Waals surface area contributed by atoms with Gasteiger partial charge in [0, 0.05) is 41.1 Å². The van der Waals surface area contributed by atoms with E-state index in [-0.39, 0.29) is 128 Å². The molecule has 26 nitrogen and oxygen atoms in total. The summed E-state index contributed by atoms with van der Waals surface area (Å²) in [5, 5.41) is 39.9. The van der Waals surface area contributed by atoms with Gasteiger partial charge < -0.3 is 13.7 Å². The molecule has 0 aromatic heterocycles. The molecular weight excluding hydrogens is 1020 g/mol. The van der Waals surface area contributed by atoms with Gasteiger partial charge in [-0.1, -0.05) is 24.3 Å². The van der Waals surface area contributed by atoms with Gasteiger partial charge in [-0.15, -0.1) is 10.2 Å². The maximum atomic E-state index is 14.1. The molecule has 3 N–H and O–H groups in total. The number of hydrogen-bond donors (Lipinski definition) is 3. The first-order valence-corrected chi connectivity index (χ1v) is 22.3. The van der Waals surface area contributed by atoms with E-state index in [0.717, 1.165) is 54.6 Å². The van der Waals surface area contributed by atoms with Crippen LogP contribution in [0.3, 0.4) is 0 Å². The molecule has 7 rings (SSSR count). The summed E-state index contributed by atoms with van der Waals surface area (Å²) in [6.07, 6.45) is 0.512. The Morgan fingerprint density at radius 1 is 0.543 bits per heavy atom. The molecule has 0 unspecified atom stereocenters. The van der Waals surface area contributed by atoms with Crippen molar-refractivity contribution < 1.29 is 142 Å². The number of nitro benzene ring substituents is 2. The Morgan fingerprint density at radius 2 is 1.09 bits per heavy atom. The number of nitrogens with zero attached hydrogens (tertiary/aromatic N) is 7. The van der Waals surface area contributed by atoms with Crippen LogP contribution in [0.25, 0.3) is 16.8 Å². The van der Waals surface area contributed by atoms with Crippen LogP contribution in [0.5, 0.6) is 0 Å². The normalized spacial score (nSPS) is 13.7. The Bertz CT molecular complexity index is 3830. The summed E-state index contributed by atoms with van der Waals surface area (Å²) in [6, 6.07) is 18.5. The van der Waals surface area contributed by atoms with Crippen LogP contribution in [-0.2, 0) is 30.4 Å². The van der Waals surface area contributed by atoms with E-state index in [2.05, 4.69) is 41.8 Å². The Labute approximate surface area is 458 Å². The monoisotopic (exact) mass is 1040 g/mol. The van der Waals surface area contributed by atoms with Crippen LogP contribution in [-0.4, -0.2) is 60.3 Å². The summed E-state index contributed by atoms with van der Waals surface area (Å²) >= 11 is 0. The first kappa shape index (κ1) is 57.0. The maximum absolute atomic E-state index is 14.1. The second kappa shape index (κ2) is 22.6. The van der Waals surface area contributed by atoms with Crippen molar-refractivity contribution in [3.63, 3.8) is 0 Å². The first-order chi connectivity index (χ1) is 31.5. The largest absolute Gasteiger partial charge is 1.00 e. The van der Waals surface area contributed by atoms with Crippen molar-refractivity contribution in [2.45, 2.75) is 9.79 Å². The quantitative estimate of drug-likeness (QED) is 0.0318. The average Bonchev–Trinajstić information content (AvgIpc) is 3.26. The fourth-order valence-electron chi connectivity index (χ4n) is 6.18. The summed E-state index contributed by atoms with van der Waals surface area (Å²) in [5.41, 5.74) is -0.346. The molecule has 6 aromatic rings. The molecule has 1 aliphatic rings. The number of nitro groups is 2. The molecule has 32 heteroatoms. The molecule has 0 fully saturated rings. The molecule has 0 bridgehead atoms. The van der Waals surface area contributed by atoms with Crippen LogP contribution >= 0.6 is 0 Å². The molecule has 6 aromatic carbocycles. The number of nitrogens with one attached hydrogen (secondary N) is 3. The minimum absolute atomic E-state index is 0. The van der Waals surface area contributed by atoms with Gasteiger partial charge in [0.15, 0.2) is 5.36 Å². The maximum Gasteiger partial charge on any atom is 1.00 e. The van der Waals surface area contributed by atoms with Gasteiger partial charge in [0.05, 0.1) is 52.9 Å². The van der Waals surface area contributed by atoms with E-state index in [0.29, 0.717) is 18.2 Å². The summed E-state index contributed by atoms with van der Waals surface area (Å²) in [6.45, 7) is 0. The van der Waals surface area contributed by atoms with Gasteiger partial charge >= 0.3 is 88.7 Å². The minimum atomic E-state index is -5.62. The zero-order valence-electron chi connectivity index (χ0n) is 35.8. The second-order valence-electron chi connectivity index (χ2n) is 13.5. The third kappa shape index (κ3) is 12.6. The number of hydrogen-bond acceptors (Lipinski definition) is 24. The van der Waals surface area contributed by atoms with Crippen molar-refractivity contribution >= 4 is 98.5 Å². The summed E-state index contributed by atoms with van der Waals surface area (Å²) in [5.74, 6) is -1.42. The standard InChI is InChI=1S/C38H24N10O16S3.3Na/c49-36-29(43-39-20-5-9-22(10-6-20)47(52)53)18-30(44-41-27-13-14-31(66(59,60)61)26-4-2-1-3-25(26)27)37(50)35(36)46-42-28-17-24(65(56,57)58)15-19-16-32(67(62,63)64)34(38(51)33(19)28)45-40-21-7-11-23(12-8-21)48(54)55;;;/h1-18,39-40,42H,(H,56,57,58)(H,59,60,61)(H,62,63,64);;;/q;3*+1/p-3/b43-29+,44-41?,45-34+,46-35+;;;. The smallest absolute Gasteiger partial charge is 0.744 e. The number of Topliss-reactive ketones (excluding diaryl/α,β-unsaturated/α-hetero) is 1. The van der Waals surface area contributed by atoms with Crippen molar-refractivity contribution in [1.29, 1.82) is 0 Å². The first-order valence-electron chi connectivity index (χ1n) is 18.1. The van der Waals surface area contributed by atoms with Crippen LogP contribution in [0.15, 0.2) is 153 Å². The van der Waals surface area contributed by atoms with Gasteiger partial charge in [0.2, 0.25) is 16.6 Å². The number of carbonyl (C=O) groups excluding carboxylic acids is 1. The van der Waals surface area contributed by atoms with Crippen molar-refractivity contribution in [2.24, 2.45) is 25.5 Å². The molecule has 0 atom stereocenters. The number of allylic oxidation sites excluding steroid dienone is 1. The molecule has 0 radical (unpaired) electrons. The number of benzene rings is 6. The van der Waals surface area contributed by atoms with E-state index >= 15 is 0 Å². The fraction of sp³-hybridized carbons (Fsp3) is 0. The topological polar surface area (TPSA) is 407 Å². The van der Waals surface area contributed by atoms with Gasteiger partial charge in [-0.3, -0.25) is 50.9 Å². The van der Waals surface area contributed by atoms with Gasteiger partial charge in [-0.2, -0.15) is 15.3 Å². The van der Waals surface area contributed by atoms with E-state index in [4.69, 9.17) is 0 Å². The van der Waals surface area contributed by atoms with Crippen LogP contribution in [0.4, 0.5) is 39.8 Å². The third-order valence-electron chi connectivity index (χ3n) is 9.27. The molecule has 0 amide bonds. The number of rotatable bonds is 13. The van der Waals surface area contributed by atoms with Gasteiger partial charge in [-0.05, 0) is 60.2 Å². The number of non-ortho nitro benzene ring substituents is 2. The third-order valence-corrected chi connectivity index (χ3v) is 11.8. The fourth-order valence-corrected chi connectivity index (χ4v) is 8.05. The van der Waals surface area contributed by atoms with Crippen LogP contribution in [0.1, 0.15) is 15.9 Å². The van der Waals surface area contributed by atoms with Crippen LogP contribution in [0.2, 0.25) is 0 Å². The van der Waals surface area contributed by atoms with Crippen LogP contribution < -0.4 is 127 Å². The number of azo groups is 1. The molecule has 0 saturated carbocycles. The van der Waals surface area contributed by atoms with E-state index in [1.165, 1.54) is 36.4 Å². The summed E-state index contributed by atoms with van der Waals surface area (Å²) in [4.78, 5) is 59.6. The predicted octanol–water partition coefficient (Wildman–Crippen LogP) is -6.11. The van der Waals surface area contributed by atoms with Gasteiger partial charge in [0.25, 0.3) is 11.4 Å². The van der Waals surface area contributed by atoms with E-state index < -0.39 is 110 Å². The number of carbonyl (C=O) groups is 1. The molecule has 0 spiro atoms. The second-order valence-corrected chi connectivity index (χ2v) is 17.6. The van der Waals surface area contributed by atoms with Crippen molar-refractivity contribution in [3.8, 4) is 0 Å². The molecule has 0 saturated heterocycles. The summed E-state index contributed by atoms with van der Waals surface area (Å²) in [7, 11) is -16.1. The molecule has 0 aliphatic heterocycles. The minimum Gasteiger partial charge on any atom is -0.744 e. The van der Waals surface area contributed by atoms with Crippen molar-refractivity contribution in [1.82, 2.24) is 0 Å². The Hall–Kier alpha value is -5.61. The molecule has 0 heterocycles.